The molecule has 0 aliphatic heterocycles. The summed E-state index contributed by atoms with van der Waals surface area (Å²) in [7, 11) is 0. The molecule has 0 unspecified atom stereocenters. The Morgan fingerprint density at radius 3 is 2.17 bits per heavy atom. The van der Waals surface area contributed by atoms with Crippen molar-refractivity contribution in [2.45, 2.75) is 56.3 Å². The Balaban J connectivity index is 2.37. The second kappa shape index (κ2) is 3.77. The Morgan fingerprint density at radius 1 is 1.00 bits per heavy atom. The summed E-state index contributed by atoms with van der Waals surface area (Å²) in [6, 6.07) is 4.81. The van der Waals surface area contributed by atoms with Crippen molar-refractivity contribution in [2.75, 3.05) is 0 Å². The first-order chi connectivity index (χ1) is 8.31. The molecular formula is C16H20S2. The fourth-order valence-electron chi connectivity index (χ4n) is 3.07. The first kappa shape index (κ1) is 12.6. The van der Waals surface area contributed by atoms with Crippen molar-refractivity contribution in [1.82, 2.24) is 0 Å². The Morgan fingerprint density at radius 2 is 1.56 bits per heavy atom. The van der Waals surface area contributed by atoms with Crippen LogP contribution in [0.25, 0.3) is 10.1 Å². The minimum absolute atomic E-state index is 0.293. The summed E-state index contributed by atoms with van der Waals surface area (Å²) in [5, 5.41) is 3.48. The van der Waals surface area contributed by atoms with Crippen LogP contribution in [0.5, 0.6) is 0 Å². The molecule has 1 aliphatic carbocycles. The molecule has 18 heavy (non-hydrogen) atoms. The van der Waals surface area contributed by atoms with Crippen LogP contribution in [0.4, 0.5) is 0 Å². The molecule has 0 radical (unpaired) electrons. The highest BCUT2D eigenvalue weighted by molar-refractivity contribution is 7.80. The molecular weight excluding hydrogens is 256 g/mol. The quantitative estimate of drug-likeness (QED) is 0.600. The smallest absolute Gasteiger partial charge is 0.0357 e. The van der Waals surface area contributed by atoms with E-state index in [1.807, 2.05) is 11.3 Å². The van der Waals surface area contributed by atoms with Gasteiger partial charge in [-0.3, -0.25) is 0 Å². The lowest BCUT2D eigenvalue weighted by atomic mass is 9.63. The van der Waals surface area contributed by atoms with Gasteiger partial charge in [-0.05, 0) is 46.9 Å². The van der Waals surface area contributed by atoms with Gasteiger partial charge in [0.2, 0.25) is 0 Å². The minimum Gasteiger partial charge on any atom is -0.143 e. The zero-order chi connectivity index (χ0) is 13.1. The standard InChI is InChI=1S/C16H20S2/c1-15(2)5-6-16(3,4)12-8-14-10(7-11(12)15)13(17)9-18-14/h7-9,17H,5-6H2,1-4H3. The maximum atomic E-state index is 4.58. The van der Waals surface area contributed by atoms with Gasteiger partial charge in [0.1, 0.15) is 0 Å². The zero-order valence-corrected chi connectivity index (χ0v) is 13.2. The summed E-state index contributed by atoms with van der Waals surface area (Å²) < 4.78 is 1.38. The van der Waals surface area contributed by atoms with Gasteiger partial charge in [-0.15, -0.1) is 24.0 Å². The normalized spacial score (nSPS) is 20.9. The highest BCUT2D eigenvalue weighted by atomic mass is 32.1. The van der Waals surface area contributed by atoms with Gasteiger partial charge >= 0.3 is 0 Å². The maximum absolute atomic E-state index is 4.58. The Hall–Kier alpha value is -0.470. The predicted molar refractivity (Wildman–Crippen MR) is 84.4 cm³/mol. The Kier molecular flexibility index (Phi) is 2.63. The maximum Gasteiger partial charge on any atom is 0.0357 e. The summed E-state index contributed by atoms with van der Waals surface area (Å²) in [5.41, 5.74) is 3.67. The number of hydrogen-bond donors (Lipinski definition) is 1. The van der Waals surface area contributed by atoms with E-state index in [-0.39, 0.29) is 0 Å². The van der Waals surface area contributed by atoms with Crippen LogP contribution in [-0.4, -0.2) is 0 Å². The van der Waals surface area contributed by atoms with Gasteiger partial charge in [-0.2, -0.15) is 0 Å². The van der Waals surface area contributed by atoms with Crippen LogP contribution in [0.1, 0.15) is 51.7 Å². The van der Waals surface area contributed by atoms with Gasteiger partial charge < -0.3 is 0 Å². The number of hydrogen-bond acceptors (Lipinski definition) is 2. The highest BCUT2D eigenvalue weighted by Crippen LogP contribution is 2.48. The van der Waals surface area contributed by atoms with Crippen molar-refractivity contribution < 1.29 is 0 Å². The van der Waals surface area contributed by atoms with E-state index in [1.54, 1.807) is 5.56 Å². The van der Waals surface area contributed by atoms with Crippen molar-refractivity contribution in [3.63, 3.8) is 0 Å². The topological polar surface area (TPSA) is 0 Å². The summed E-state index contributed by atoms with van der Waals surface area (Å²) in [4.78, 5) is 1.12. The van der Waals surface area contributed by atoms with E-state index in [2.05, 4.69) is 57.8 Å². The van der Waals surface area contributed by atoms with E-state index >= 15 is 0 Å². The molecule has 2 heteroatoms. The molecule has 0 nitrogen and oxygen atoms in total. The molecule has 0 bridgehead atoms. The third-order valence-corrected chi connectivity index (χ3v) is 6.02. The number of rotatable bonds is 0. The molecule has 0 atom stereocenters. The van der Waals surface area contributed by atoms with E-state index in [1.165, 1.54) is 28.5 Å². The zero-order valence-electron chi connectivity index (χ0n) is 11.5. The molecule has 1 aromatic heterocycles. The minimum atomic E-state index is 0.293. The molecule has 1 heterocycles. The summed E-state index contributed by atoms with van der Waals surface area (Å²) >= 11 is 6.39. The summed E-state index contributed by atoms with van der Waals surface area (Å²) in [6.45, 7) is 9.50. The van der Waals surface area contributed by atoms with Crippen molar-refractivity contribution in [3.05, 3.63) is 28.6 Å². The third kappa shape index (κ3) is 1.73. The number of thiol groups is 1. The van der Waals surface area contributed by atoms with Gasteiger partial charge in [-0.1, -0.05) is 27.7 Å². The molecule has 0 amide bonds. The Bertz CT molecular complexity index is 617. The van der Waals surface area contributed by atoms with Crippen LogP contribution in [0, 0.1) is 0 Å². The molecule has 0 saturated carbocycles. The average molecular weight is 276 g/mol. The second-order valence-electron chi connectivity index (χ2n) is 6.78. The predicted octanol–water partition coefficient (Wildman–Crippen LogP) is 5.54. The lowest BCUT2D eigenvalue weighted by Gasteiger charge is -2.41. The van der Waals surface area contributed by atoms with Crippen LogP contribution in [0.3, 0.4) is 0 Å². The lowest BCUT2D eigenvalue weighted by molar-refractivity contribution is 0.332. The van der Waals surface area contributed by atoms with Crippen LogP contribution < -0.4 is 0 Å². The van der Waals surface area contributed by atoms with Gasteiger partial charge in [0.25, 0.3) is 0 Å². The van der Waals surface area contributed by atoms with Gasteiger partial charge in [0, 0.05) is 20.4 Å². The van der Waals surface area contributed by atoms with Crippen LogP contribution in [0.2, 0.25) is 0 Å². The highest BCUT2D eigenvalue weighted by Gasteiger charge is 2.37. The monoisotopic (exact) mass is 276 g/mol. The lowest BCUT2D eigenvalue weighted by Crippen LogP contribution is -2.33. The molecule has 3 rings (SSSR count). The summed E-state index contributed by atoms with van der Waals surface area (Å²) in [5.74, 6) is 0. The average Bonchev–Trinajstić information content (AvgIpc) is 2.66. The van der Waals surface area contributed by atoms with Crippen LogP contribution in [0.15, 0.2) is 22.4 Å². The molecule has 1 aromatic carbocycles. The summed E-state index contributed by atoms with van der Waals surface area (Å²) in [6.07, 6.45) is 2.54. The van der Waals surface area contributed by atoms with Crippen LogP contribution >= 0.6 is 24.0 Å². The first-order valence-corrected chi connectivity index (χ1v) is 7.89. The molecule has 96 valence electrons. The van der Waals surface area contributed by atoms with Gasteiger partial charge in [0.15, 0.2) is 0 Å². The molecule has 1 aliphatic rings. The SMILES string of the molecule is CC1(C)CCC(C)(C)c2cc3c(S)csc3cc21. The van der Waals surface area contributed by atoms with E-state index in [4.69, 9.17) is 0 Å². The molecule has 0 spiro atoms. The van der Waals surface area contributed by atoms with E-state index in [0.29, 0.717) is 10.8 Å². The van der Waals surface area contributed by atoms with Crippen molar-refractivity contribution >= 4 is 34.1 Å². The van der Waals surface area contributed by atoms with Crippen molar-refractivity contribution in [3.8, 4) is 0 Å². The van der Waals surface area contributed by atoms with E-state index in [9.17, 15) is 0 Å². The van der Waals surface area contributed by atoms with Crippen molar-refractivity contribution in [2.24, 2.45) is 0 Å². The Labute approximate surface area is 119 Å². The fourth-order valence-corrected chi connectivity index (χ4v) is 4.34. The molecule has 2 aromatic rings. The largest absolute Gasteiger partial charge is 0.143 e. The van der Waals surface area contributed by atoms with Crippen LogP contribution in [-0.2, 0) is 10.8 Å². The van der Waals surface area contributed by atoms with Gasteiger partial charge in [0.05, 0.1) is 0 Å². The second-order valence-corrected chi connectivity index (χ2v) is 8.18. The first-order valence-electron chi connectivity index (χ1n) is 6.56. The molecule has 0 saturated heterocycles. The fraction of sp³-hybridized carbons (Fsp3) is 0.500. The van der Waals surface area contributed by atoms with E-state index in [0.717, 1.165) is 4.90 Å². The van der Waals surface area contributed by atoms with Gasteiger partial charge in [-0.25, -0.2) is 0 Å². The third-order valence-electron chi connectivity index (χ3n) is 4.53. The van der Waals surface area contributed by atoms with Crippen molar-refractivity contribution in [1.29, 1.82) is 0 Å². The molecule has 0 fully saturated rings. The number of benzene rings is 1. The number of thiophene rings is 1. The van der Waals surface area contributed by atoms with E-state index < -0.39 is 0 Å². The molecule has 0 N–H and O–H groups in total. The number of fused-ring (bicyclic) bond motifs is 2.